The molecule has 5 nitrogen and oxygen atoms in total. The second-order valence-corrected chi connectivity index (χ2v) is 5.41. The molecule has 0 aromatic heterocycles. The van der Waals surface area contributed by atoms with Crippen molar-refractivity contribution in [3.8, 4) is 11.8 Å². The van der Waals surface area contributed by atoms with Gasteiger partial charge >= 0.3 is 0 Å². The molecule has 1 aliphatic rings. The second-order valence-electron chi connectivity index (χ2n) is 4.62. The minimum absolute atomic E-state index is 0.0180. The van der Waals surface area contributed by atoms with Gasteiger partial charge in [0.1, 0.15) is 18.8 Å². The molecule has 1 saturated heterocycles. The Labute approximate surface area is 130 Å². The fraction of sp³-hybridized carbons (Fsp3) is 0.429. The maximum absolute atomic E-state index is 14.0. The number of carbonyl (C=O) groups excluding carboxylic acids is 1. The average Bonchev–Trinajstić information content (AvgIpc) is 2.49. The number of nitriles is 1. The van der Waals surface area contributed by atoms with E-state index < -0.39 is 5.82 Å². The Morgan fingerprint density at radius 1 is 1.67 bits per heavy atom. The molecule has 0 unspecified atom stereocenters. The van der Waals surface area contributed by atoms with E-state index in [9.17, 15) is 9.18 Å². The Balaban J connectivity index is 1.99. The van der Waals surface area contributed by atoms with Crippen LogP contribution in [-0.2, 0) is 9.53 Å². The molecule has 112 valence electrons. The predicted molar refractivity (Wildman–Crippen MR) is 76.3 cm³/mol. The lowest BCUT2D eigenvalue weighted by molar-refractivity contribution is -0.137. The van der Waals surface area contributed by atoms with Crippen molar-refractivity contribution in [3.05, 3.63) is 28.0 Å². The Morgan fingerprint density at radius 3 is 3.10 bits per heavy atom. The van der Waals surface area contributed by atoms with Gasteiger partial charge in [-0.2, -0.15) is 5.26 Å². The molecule has 1 atom stereocenters. The van der Waals surface area contributed by atoms with Gasteiger partial charge < -0.3 is 14.4 Å². The number of ether oxygens (including phenoxy) is 2. The molecule has 0 aliphatic carbocycles. The van der Waals surface area contributed by atoms with Crippen molar-refractivity contribution in [2.75, 3.05) is 26.3 Å². The van der Waals surface area contributed by atoms with Gasteiger partial charge in [-0.05, 0) is 28.1 Å². The normalized spacial score (nSPS) is 18.2. The van der Waals surface area contributed by atoms with Crippen LogP contribution in [0.5, 0.6) is 5.75 Å². The number of carbonyl (C=O) groups is 1. The summed E-state index contributed by atoms with van der Waals surface area (Å²) < 4.78 is 25.0. The van der Waals surface area contributed by atoms with Crippen molar-refractivity contribution in [1.29, 1.82) is 5.26 Å². The largest absolute Gasteiger partial charge is 0.488 e. The number of hydrogen-bond donors (Lipinski definition) is 0. The molecule has 0 N–H and O–H groups in total. The molecule has 0 spiro atoms. The molecule has 7 heteroatoms. The first-order valence-corrected chi connectivity index (χ1v) is 7.20. The van der Waals surface area contributed by atoms with E-state index in [0.717, 1.165) is 0 Å². The lowest BCUT2D eigenvalue weighted by atomic mass is 10.2. The maximum Gasteiger partial charge on any atom is 0.219 e. The lowest BCUT2D eigenvalue weighted by Crippen LogP contribution is -2.46. The van der Waals surface area contributed by atoms with Gasteiger partial charge in [0.05, 0.1) is 23.2 Å². The molecular weight excluding hydrogens is 343 g/mol. The highest BCUT2D eigenvalue weighted by Gasteiger charge is 2.23. The molecule has 0 radical (unpaired) electrons. The number of nitrogens with zero attached hydrogens (tertiary/aromatic N) is 2. The van der Waals surface area contributed by atoms with Crippen LogP contribution < -0.4 is 4.74 Å². The fourth-order valence-electron chi connectivity index (χ4n) is 2.02. The Kier molecular flexibility index (Phi) is 5.15. The highest BCUT2D eigenvalue weighted by atomic mass is 79.9. The SMILES string of the molecule is CC(=O)N1CCO[C@@H](COc2ccc(C#N)c(Br)c2F)C1. The number of hydrogen-bond acceptors (Lipinski definition) is 4. The quantitative estimate of drug-likeness (QED) is 0.831. The summed E-state index contributed by atoms with van der Waals surface area (Å²) in [6, 6.07) is 4.76. The van der Waals surface area contributed by atoms with Crippen molar-refractivity contribution in [2.24, 2.45) is 0 Å². The topological polar surface area (TPSA) is 62.6 Å². The van der Waals surface area contributed by atoms with Crippen molar-refractivity contribution < 1.29 is 18.7 Å². The number of morpholine rings is 1. The van der Waals surface area contributed by atoms with Crippen LogP contribution in [0.4, 0.5) is 4.39 Å². The molecule has 1 amide bonds. The summed E-state index contributed by atoms with van der Waals surface area (Å²) in [7, 11) is 0. The summed E-state index contributed by atoms with van der Waals surface area (Å²) in [6.07, 6.45) is -0.295. The first kappa shape index (κ1) is 15.7. The first-order valence-electron chi connectivity index (χ1n) is 6.41. The predicted octanol–water partition coefficient (Wildman–Crippen LogP) is 2.09. The summed E-state index contributed by atoms with van der Waals surface area (Å²) in [6.45, 7) is 3.06. The van der Waals surface area contributed by atoms with E-state index in [2.05, 4.69) is 15.9 Å². The van der Waals surface area contributed by atoms with Gasteiger partial charge in [0.2, 0.25) is 5.91 Å². The van der Waals surface area contributed by atoms with E-state index in [1.165, 1.54) is 19.1 Å². The molecule has 1 heterocycles. The van der Waals surface area contributed by atoms with E-state index in [-0.39, 0.29) is 34.4 Å². The van der Waals surface area contributed by atoms with Gasteiger partial charge in [0, 0.05) is 13.5 Å². The van der Waals surface area contributed by atoms with Crippen LogP contribution in [0.3, 0.4) is 0 Å². The van der Waals surface area contributed by atoms with E-state index in [1.807, 2.05) is 6.07 Å². The molecular formula is C14H14BrFN2O3. The van der Waals surface area contributed by atoms with Crippen molar-refractivity contribution in [1.82, 2.24) is 4.90 Å². The zero-order chi connectivity index (χ0) is 15.4. The molecule has 1 fully saturated rings. The third-order valence-electron chi connectivity index (χ3n) is 3.18. The third-order valence-corrected chi connectivity index (χ3v) is 3.95. The van der Waals surface area contributed by atoms with Gasteiger partial charge in [0.15, 0.2) is 11.6 Å². The minimum atomic E-state index is -0.617. The zero-order valence-electron chi connectivity index (χ0n) is 11.4. The monoisotopic (exact) mass is 356 g/mol. The van der Waals surface area contributed by atoms with E-state index >= 15 is 0 Å². The fourth-order valence-corrected chi connectivity index (χ4v) is 2.43. The average molecular weight is 357 g/mol. The van der Waals surface area contributed by atoms with Crippen LogP contribution in [0.1, 0.15) is 12.5 Å². The second kappa shape index (κ2) is 6.87. The van der Waals surface area contributed by atoms with Crippen LogP contribution >= 0.6 is 15.9 Å². The van der Waals surface area contributed by atoms with Gasteiger partial charge in [-0.1, -0.05) is 0 Å². The highest BCUT2D eigenvalue weighted by molar-refractivity contribution is 9.10. The lowest BCUT2D eigenvalue weighted by Gasteiger charge is -2.32. The van der Waals surface area contributed by atoms with Crippen LogP contribution in [0.2, 0.25) is 0 Å². The standard InChI is InChI=1S/C14H14BrFN2O3/c1-9(19)18-4-5-20-11(7-18)8-21-12-3-2-10(6-17)13(15)14(12)16/h2-3,11H,4-5,7-8H2,1H3/t11-/m1/s1. The van der Waals surface area contributed by atoms with Crippen molar-refractivity contribution >= 4 is 21.8 Å². The molecule has 2 rings (SSSR count). The van der Waals surface area contributed by atoms with Gasteiger partial charge in [-0.3, -0.25) is 4.79 Å². The zero-order valence-corrected chi connectivity index (χ0v) is 13.0. The molecule has 21 heavy (non-hydrogen) atoms. The van der Waals surface area contributed by atoms with Crippen LogP contribution in [0.15, 0.2) is 16.6 Å². The molecule has 1 aliphatic heterocycles. The first-order chi connectivity index (χ1) is 10.0. The number of halogens is 2. The summed E-state index contributed by atoms with van der Waals surface area (Å²) in [5.41, 5.74) is 0.205. The van der Waals surface area contributed by atoms with Gasteiger partial charge in [-0.25, -0.2) is 4.39 Å². The Morgan fingerprint density at radius 2 is 2.43 bits per heavy atom. The van der Waals surface area contributed by atoms with E-state index in [1.54, 1.807) is 4.90 Å². The van der Waals surface area contributed by atoms with E-state index in [4.69, 9.17) is 14.7 Å². The van der Waals surface area contributed by atoms with Crippen molar-refractivity contribution in [3.63, 3.8) is 0 Å². The molecule has 1 aromatic carbocycles. The van der Waals surface area contributed by atoms with Gasteiger partial charge in [-0.15, -0.1) is 0 Å². The maximum atomic E-state index is 14.0. The van der Waals surface area contributed by atoms with E-state index in [0.29, 0.717) is 19.7 Å². The summed E-state index contributed by atoms with van der Waals surface area (Å²) >= 11 is 3.02. The Bertz CT molecular complexity index is 588. The van der Waals surface area contributed by atoms with Crippen molar-refractivity contribution in [2.45, 2.75) is 13.0 Å². The minimum Gasteiger partial charge on any atom is -0.488 e. The van der Waals surface area contributed by atoms with Gasteiger partial charge in [0.25, 0.3) is 0 Å². The number of benzene rings is 1. The third kappa shape index (κ3) is 3.71. The molecule has 1 aromatic rings. The highest BCUT2D eigenvalue weighted by Crippen LogP contribution is 2.28. The number of amides is 1. The molecule has 0 bridgehead atoms. The van der Waals surface area contributed by atoms with Crippen LogP contribution in [-0.4, -0.2) is 43.2 Å². The Hall–Kier alpha value is -1.65. The summed E-state index contributed by atoms with van der Waals surface area (Å²) in [5, 5.41) is 8.80. The molecule has 0 saturated carbocycles. The van der Waals surface area contributed by atoms with Crippen LogP contribution in [0, 0.1) is 17.1 Å². The summed E-state index contributed by atoms with van der Waals surface area (Å²) in [4.78, 5) is 13.0. The number of rotatable bonds is 3. The smallest absolute Gasteiger partial charge is 0.219 e. The summed E-state index contributed by atoms with van der Waals surface area (Å²) in [5.74, 6) is -0.590. The van der Waals surface area contributed by atoms with Crippen LogP contribution in [0.25, 0.3) is 0 Å².